The normalized spacial score (nSPS) is 19.4. The highest BCUT2D eigenvalue weighted by Gasteiger charge is 2.41. The van der Waals surface area contributed by atoms with E-state index in [2.05, 4.69) is 10.3 Å². The number of benzene rings is 1. The molecular formula is C22H22F6N3O5P. The average molecular weight is 553 g/mol. The minimum atomic E-state index is -5.09. The number of hydrogen-bond donors (Lipinski definition) is 3. The van der Waals surface area contributed by atoms with Crippen molar-refractivity contribution in [2.24, 2.45) is 0 Å². The molecule has 3 N–H and O–H groups in total. The molecule has 37 heavy (non-hydrogen) atoms. The van der Waals surface area contributed by atoms with Crippen LogP contribution in [0.4, 0.5) is 26.3 Å². The first-order valence-electron chi connectivity index (χ1n) is 11.0. The Balaban J connectivity index is 1.90. The number of alkyl halides is 6. The number of aromatic nitrogens is 1. The molecule has 0 saturated carbocycles. The van der Waals surface area contributed by atoms with E-state index in [1.54, 1.807) is 13.0 Å². The fraction of sp³-hybridized carbons (Fsp3) is 0.409. The van der Waals surface area contributed by atoms with Crippen molar-refractivity contribution in [2.75, 3.05) is 6.16 Å². The van der Waals surface area contributed by atoms with Gasteiger partial charge in [-0.05, 0) is 42.5 Å². The molecule has 1 aromatic carbocycles. The summed E-state index contributed by atoms with van der Waals surface area (Å²) in [7, 11) is -4.43. The molecule has 0 spiro atoms. The van der Waals surface area contributed by atoms with Gasteiger partial charge in [0, 0.05) is 0 Å². The van der Waals surface area contributed by atoms with E-state index < -0.39 is 67.1 Å². The largest absolute Gasteiger partial charge is 0.471 e. The van der Waals surface area contributed by atoms with Crippen LogP contribution in [0, 0.1) is 0 Å². The molecule has 0 fully saturated rings. The molecule has 0 aliphatic heterocycles. The highest BCUT2D eigenvalue weighted by molar-refractivity contribution is 7.53. The molecule has 1 aliphatic carbocycles. The highest BCUT2D eigenvalue weighted by Crippen LogP contribution is 2.44. The fourth-order valence-corrected chi connectivity index (χ4v) is 4.94. The SMILES string of the molecule is CCCP(=O)(O)Oc1nc(C(F)(F)F)ccc1C(=O)NC1CCC(NC(=O)C(F)(F)F)c2ccccc21. The van der Waals surface area contributed by atoms with Crippen LogP contribution in [0.15, 0.2) is 36.4 Å². The van der Waals surface area contributed by atoms with Crippen molar-refractivity contribution in [1.29, 1.82) is 0 Å². The van der Waals surface area contributed by atoms with Crippen LogP contribution in [0.3, 0.4) is 0 Å². The number of amides is 2. The average Bonchev–Trinajstić information content (AvgIpc) is 2.79. The standard InChI is InChI=1S/C22H22F6N3O5P/c1-2-11-37(34,35)36-19-14(7-10-17(31-19)21(23,24)25)18(32)29-15-8-9-16(30-20(33)22(26,27)28)13-6-4-3-5-12(13)15/h3-7,10,15-16H,2,8-9,11H2,1H3,(H,29,32)(H,30,33)(H,34,35). The Kier molecular flexibility index (Phi) is 8.23. The first kappa shape index (κ1) is 28.5. The fourth-order valence-electron chi connectivity index (χ4n) is 3.87. The Bertz CT molecular complexity index is 1220. The van der Waals surface area contributed by atoms with Gasteiger partial charge in [-0.1, -0.05) is 31.2 Å². The quantitative estimate of drug-likeness (QED) is 0.326. The Morgan fingerprint density at radius 3 is 2.11 bits per heavy atom. The molecular weight excluding hydrogens is 531 g/mol. The van der Waals surface area contributed by atoms with Gasteiger partial charge in [-0.15, -0.1) is 0 Å². The molecule has 8 nitrogen and oxygen atoms in total. The lowest BCUT2D eigenvalue weighted by atomic mass is 9.84. The minimum Gasteiger partial charge on any atom is -0.405 e. The summed E-state index contributed by atoms with van der Waals surface area (Å²) >= 11 is 0. The van der Waals surface area contributed by atoms with E-state index in [0.29, 0.717) is 17.2 Å². The molecule has 3 atom stereocenters. The van der Waals surface area contributed by atoms with Crippen LogP contribution in [0.2, 0.25) is 0 Å². The van der Waals surface area contributed by atoms with Crippen LogP contribution in [0.5, 0.6) is 5.88 Å². The number of pyridine rings is 1. The molecule has 2 aromatic rings. The molecule has 15 heteroatoms. The molecule has 3 unspecified atom stereocenters. The van der Waals surface area contributed by atoms with E-state index in [9.17, 15) is 45.4 Å². The Hall–Kier alpha value is -3.12. The Labute approximate surface area is 207 Å². The number of fused-ring (bicyclic) bond motifs is 1. The first-order chi connectivity index (χ1) is 17.1. The number of nitrogens with zero attached hydrogens (tertiary/aromatic N) is 1. The van der Waals surface area contributed by atoms with E-state index in [1.807, 2.05) is 5.32 Å². The summed E-state index contributed by atoms with van der Waals surface area (Å²) in [5.74, 6) is -4.08. The lowest BCUT2D eigenvalue weighted by Crippen LogP contribution is -2.42. The number of carbonyl (C=O) groups excluding carboxylic acids is 2. The number of hydrogen-bond acceptors (Lipinski definition) is 5. The van der Waals surface area contributed by atoms with Crippen molar-refractivity contribution in [1.82, 2.24) is 15.6 Å². The van der Waals surface area contributed by atoms with Gasteiger partial charge >= 0.3 is 25.9 Å². The predicted molar refractivity (Wildman–Crippen MR) is 118 cm³/mol. The van der Waals surface area contributed by atoms with Crippen LogP contribution in [0.1, 0.15) is 65.4 Å². The van der Waals surface area contributed by atoms with Crippen LogP contribution in [0.25, 0.3) is 0 Å². The van der Waals surface area contributed by atoms with Gasteiger partial charge < -0.3 is 20.1 Å². The third-order valence-electron chi connectivity index (χ3n) is 5.49. The number of nitrogens with one attached hydrogen (secondary N) is 2. The molecule has 0 radical (unpaired) electrons. The number of rotatable bonds is 7. The van der Waals surface area contributed by atoms with Crippen molar-refractivity contribution < 1.29 is 49.9 Å². The first-order valence-corrected chi connectivity index (χ1v) is 12.8. The molecule has 202 valence electrons. The van der Waals surface area contributed by atoms with E-state index in [0.717, 1.165) is 6.07 Å². The Morgan fingerprint density at radius 2 is 1.59 bits per heavy atom. The summed E-state index contributed by atoms with van der Waals surface area (Å²) in [6, 6.07) is 5.60. The van der Waals surface area contributed by atoms with Crippen LogP contribution in [-0.4, -0.2) is 34.0 Å². The zero-order valence-corrected chi connectivity index (χ0v) is 20.1. The summed E-state index contributed by atoms with van der Waals surface area (Å²) in [6.45, 7) is 1.55. The van der Waals surface area contributed by atoms with Gasteiger partial charge in [-0.3, -0.25) is 9.59 Å². The lowest BCUT2D eigenvalue weighted by Gasteiger charge is -2.32. The highest BCUT2D eigenvalue weighted by atomic mass is 31.2. The maximum Gasteiger partial charge on any atom is 0.471 e. The Morgan fingerprint density at radius 1 is 1.03 bits per heavy atom. The summed E-state index contributed by atoms with van der Waals surface area (Å²) in [5, 5.41) is 4.48. The third-order valence-corrected chi connectivity index (χ3v) is 6.96. The molecule has 1 aliphatic rings. The second-order valence-corrected chi connectivity index (χ2v) is 10.2. The van der Waals surface area contributed by atoms with E-state index in [1.165, 1.54) is 18.2 Å². The van der Waals surface area contributed by atoms with Crippen molar-refractivity contribution >= 4 is 19.4 Å². The molecule has 0 saturated heterocycles. The van der Waals surface area contributed by atoms with E-state index in [4.69, 9.17) is 4.52 Å². The summed E-state index contributed by atoms with van der Waals surface area (Å²) in [5.41, 5.74) is -1.28. The molecule has 2 amide bonds. The lowest BCUT2D eigenvalue weighted by molar-refractivity contribution is -0.174. The number of carbonyl (C=O) groups is 2. The van der Waals surface area contributed by atoms with Crippen molar-refractivity contribution in [2.45, 2.75) is 50.6 Å². The van der Waals surface area contributed by atoms with Crippen LogP contribution >= 0.6 is 7.60 Å². The van der Waals surface area contributed by atoms with E-state index >= 15 is 0 Å². The van der Waals surface area contributed by atoms with Crippen molar-refractivity contribution in [3.8, 4) is 5.88 Å². The second-order valence-electron chi connectivity index (χ2n) is 8.26. The maximum absolute atomic E-state index is 13.2. The molecule has 3 rings (SSSR count). The van der Waals surface area contributed by atoms with Gasteiger partial charge in [0.1, 0.15) is 11.3 Å². The van der Waals surface area contributed by atoms with Crippen LogP contribution < -0.4 is 15.2 Å². The predicted octanol–water partition coefficient (Wildman–Crippen LogP) is 5.06. The number of halogens is 6. The van der Waals surface area contributed by atoms with Crippen LogP contribution in [-0.2, 0) is 15.5 Å². The van der Waals surface area contributed by atoms with Gasteiger partial charge in [0.2, 0.25) is 5.88 Å². The zero-order chi connectivity index (χ0) is 27.6. The molecule has 1 heterocycles. The summed E-state index contributed by atoms with van der Waals surface area (Å²) in [4.78, 5) is 37.7. The third kappa shape index (κ3) is 7.01. The summed E-state index contributed by atoms with van der Waals surface area (Å²) < 4.78 is 94.8. The van der Waals surface area contributed by atoms with Gasteiger partial charge in [0.05, 0.1) is 18.2 Å². The smallest absolute Gasteiger partial charge is 0.405 e. The van der Waals surface area contributed by atoms with Gasteiger partial charge in [0.25, 0.3) is 5.91 Å². The van der Waals surface area contributed by atoms with Gasteiger partial charge in [0.15, 0.2) is 0 Å². The topological polar surface area (TPSA) is 118 Å². The van der Waals surface area contributed by atoms with Gasteiger partial charge in [-0.2, -0.15) is 26.3 Å². The minimum absolute atomic E-state index is 0.0146. The molecule has 0 bridgehead atoms. The monoisotopic (exact) mass is 553 g/mol. The molecule has 1 aromatic heterocycles. The van der Waals surface area contributed by atoms with Gasteiger partial charge in [-0.25, -0.2) is 9.55 Å². The second kappa shape index (κ2) is 10.7. The van der Waals surface area contributed by atoms with Crippen molar-refractivity contribution in [3.63, 3.8) is 0 Å². The maximum atomic E-state index is 13.2. The zero-order valence-electron chi connectivity index (χ0n) is 19.2. The van der Waals surface area contributed by atoms with Crippen molar-refractivity contribution in [3.05, 3.63) is 58.8 Å². The van der Waals surface area contributed by atoms with E-state index in [-0.39, 0.29) is 19.3 Å². The summed E-state index contributed by atoms with van der Waals surface area (Å²) in [6.07, 6.45) is -10.2.